The standard InChI is InChI=1S/C16H15NO3/c1-2-19-12-7-11(8-17-9-12)16(18)14-10-20-15-6-4-3-5-13(14)15/h3-9,14H,2,10H2,1H3. The summed E-state index contributed by atoms with van der Waals surface area (Å²) in [7, 11) is 0. The first-order valence-corrected chi connectivity index (χ1v) is 6.63. The van der Waals surface area contributed by atoms with E-state index < -0.39 is 0 Å². The summed E-state index contributed by atoms with van der Waals surface area (Å²) in [5.41, 5.74) is 1.50. The van der Waals surface area contributed by atoms with Crippen LogP contribution in [0, 0.1) is 0 Å². The minimum Gasteiger partial charge on any atom is -0.492 e. The molecule has 0 amide bonds. The number of pyridine rings is 1. The van der Waals surface area contributed by atoms with E-state index in [0.717, 1.165) is 11.3 Å². The van der Waals surface area contributed by atoms with Crippen molar-refractivity contribution in [3.05, 3.63) is 53.9 Å². The van der Waals surface area contributed by atoms with Crippen LogP contribution >= 0.6 is 0 Å². The zero-order chi connectivity index (χ0) is 13.9. The average Bonchev–Trinajstić information content (AvgIpc) is 2.91. The second-order valence-electron chi connectivity index (χ2n) is 4.61. The predicted octanol–water partition coefficient (Wildman–Crippen LogP) is 2.84. The Bertz CT molecular complexity index is 639. The van der Waals surface area contributed by atoms with Crippen molar-refractivity contribution in [3.8, 4) is 11.5 Å². The van der Waals surface area contributed by atoms with Gasteiger partial charge in [0.05, 0.1) is 18.7 Å². The Labute approximate surface area is 117 Å². The first-order valence-electron chi connectivity index (χ1n) is 6.63. The summed E-state index contributed by atoms with van der Waals surface area (Å²) in [6.45, 7) is 2.83. The predicted molar refractivity (Wildman–Crippen MR) is 74.4 cm³/mol. The van der Waals surface area contributed by atoms with Crippen molar-refractivity contribution in [2.24, 2.45) is 0 Å². The number of ether oxygens (including phenoxy) is 2. The molecule has 0 radical (unpaired) electrons. The van der Waals surface area contributed by atoms with E-state index in [1.54, 1.807) is 18.5 Å². The molecule has 1 aromatic heterocycles. The van der Waals surface area contributed by atoms with Gasteiger partial charge in [0.2, 0.25) is 0 Å². The van der Waals surface area contributed by atoms with Gasteiger partial charge in [0.1, 0.15) is 18.1 Å². The van der Waals surface area contributed by atoms with Gasteiger partial charge in [0.15, 0.2) is 5.78 Å². The Hall–Kier alpha value is -2.36. The Morgan fingerprint density at radius 3 is 3.10 bits per heavy atom. The van der Waals surface area contributed by atoms with Gasteiger partial charge >= 0.3 is 0 Å². The maximum absolute atomic E-state index is 12.6. The van der Waals surface area contributed by atoms with Crippen molar-refractivity contribution >= 4 is 5.78 Å². The molecule has 0 fully saturated rings. The number of aromatic nitrogens is 1. The molecule has 1 atom stereocenters. The molecular weight excluding hydrogens is 254 g/mol. The molecule has 0 saturated heterocycles. The third-order valence-electron chi connectivity index (χ3n) is 3.33. The third kappa shape index (κ3) is 2.25. The first-order chi connectivity index (χ1) is 9.79. The molecule has 2 aromatic rings. The molecule has 1 unspecified atom stereocenters. The Morgan fingerprint density at radius 2 is 2.25 bits per heavy atom. The maximum Gasteiger partial charge on any atom is 0.175 e. The molecular formula is C16H15NO3. The van der Waals surface area contributed by atoms with Crippen LogP contribution in [0.4, 0.5) is 0 Å². The molecule has 1 aliphatic rings. The summed E-state index contributed by atoms with van der Waals surface area (Å²) in [4.78, 5) is 16.7. The number of carbonyl (C=O) groups excluding carboxylic acids is 1. The van der Waals surface area contributed by atoms with Crippen LogP contribution in [0.25, 0.3) is 0 Å². The second-order valence-corrected chi connectivity index (χ2v) is 4.61. The lowest BCUT2D eigenvalue weighted by atomic mass is 9.93. The quantitative estimate of drug-likeness (QED) is 0.801. The molecule has 0 aliphatic carbocycles. The lowest BCUT2D eigenvalue weighted by Gasteiger charge is -2.09. The minimum atomic E-state index is -0.259. The van der Waals surface area contributed by atoms with Gasteiger partial charge in [-0.1, -0.05) is 18.2 Å². The van der Waals surface area contributed by atoms with Crippen molar-refractivity contribution in [3.63, 3.8) is 0 Å². The van der Waals surface area contributed by atoms with Crippen LogP contribution in [-0.4, -0.2) is 24.0 Å². The van der Waals surface area contributed by atoms with Crippen LogP contribution in [0.5, 0.6) is 11.5 Å². The van der Waals surface area contributed by atoms with E-state index in [-0.39, 0.29) is 11.7 Å². The van der Waals surface area contributed by atoms with Crippen LogP contribution in [-0.2, 0) is 0 Å². The number of ketones is 1. The van der Waals surface area contributed by atoms with E-state index >= 15 is 0 Å². The molecule has 4 nitrogen and oxygen atoms in total. The SMILES string of the molecule is CCOc1cncc(C(=O)C2COc3ccccc32)c1. The molecule has 0 bridgehead atoms. The van der Waals surface area contributed by atoms with Crippen LogP contribution in [0.1, 0.15) is 28.8 Å². The minimum absolute atomic E-state index is 0.0176. The summed E-state index contributed by atoms with van der Waals surface area (Å²) in [5.74, 6) is 1.17. The Morgan fingerprint density at radius 1 is 1.40 bits per heavy atom. The molecule has 2 heterocycles. The maximum atomic E-state index is 12.6. The molecule has 1 aromatic carbocycles. The number of hydrogen-bond acceptors (Lipinski definition) is 4. The normalized spacial score (nSPS) is 16.4. The molecule has 20 heavy (non-hydrogen) atoms. The summed E-state index contributed by atoms with van der Waals surface area (Å²) < 4.78 is 10.9. The number of benzene rings is 1. The first kappa shape index (κ1) is 12.7. The Kier molecular flexibility index (Phi) is 3.37. The molecule has 102 valence electrons. The van der Waals surface area contributed by atoms with E-state index in [1.165, 1.54) is 0 Å². The smallest absolute Gasteiger partial charge is 0.175 e. The van der Waals surface area contributed by atoms with E-state index in [0.29, 0.717) is 24.5 Å². The van der Waals surface area contributed by atoms with Gasteiger partial charge < -0.3 is 9.47 Å². The molecule has 0 N–H and O–H groups in total. The zero-order valence-corrected chi connectivity index (χ0v) is 11.2. The van der Waals surface area contributed by atoms with E-state index in [2.05, 4.69) is 4.98 Å². The lowest BCUT2D eigenvalue weighted by molar-refractivity contribution is 0.0946. The summed E-state index contributed by atoms with van der Waals surface area (Å²) in [6.07, 6.45) is 3.19. The van der Waals surface area contributed by atoms with Crippen molar-refractivity contribution in [1.29, 1.82) is 0 Å². The van der Waals surface area contributed by atoms with Gasteiger partial charge in [-0.2, -0.15) is 0 Å². The topological polar surface area (TPSA) is 48.4 Å². The molecule has 0 spiro atoms. The fourth-order valence-corrected chi connectivity index (χ4v) is 2.38. The van der Waals surface area contributed by atoms with Crippen molar-refractivity contribution in [1.82, 2.24) is 4.98 Å². The van der Waals surface area contributed by atoms with Gasteiger partial charge in [-0.25, -0.2) is 0 Å². The number of nitrogens with zero attached hydrogens (tertiary/aromatic N) is 1. The molecule has 1 aliphatic heterocycles. The molecule has 3 rings (SSSR count). The second kappa shape index (κ2) is 5.33. The summed E-state index contributed by atoms with van der Waals surface area (Å²) in [6, 6.07) is 9.38. The van der Waals surface area contributed by atoms with Gasteiger partial charge in [-0.05, 0) is 19.1 Å². The molecule has 4 heteroatoms. The molecule has 0 saturated carbocycles. The van der Waals surface area contributed by atoms with Gasteiger partial charge in [-0.3, -0.25) is 9.78 Å². The fourth-order valence-electron chi connectivity index (χ4n) is 2.38. The highest BCUT2D eigenvalue weighted by Gasteiger charge is 2.30. The number of fused-ring (bicyclic) bond motifs is 1. The van der Waals surface area contributed by atoms with Gasteiger partial charge in [0.25, 0.3) is 0 Å². The highest BCUT2D eigenvalue weighted by molar-refractivity contribution is 6.01. The number of Topliss-reactive ketones (excluding diaryl/α,β-unsaturated/α-hetero) is 1. The summed E-state index contributed by atoms with van der Waals surface area (Å²) >= 11 is 0. The van der Waals surface area contributed by atoms with Crippen LogP contribution in [0.2, 0.25) is 0 Å². The zero-order valence-electron chi connectivity index (χ0n) is 11.2. The van der Waals surface area contributed by atoms with Crippen molar-refractivity contribution in [2.75, 3.05) is 13.2 Å². The van der Waals surface area contributed by atoms with Crippen LogP contribution in [0.15, 0.2) is 42.7 Å². The van der Waals surface area contributed by atoms with E-state index in [9.17, 15) is 4.79 Å². The average molecular weight is 269 g/mol. The number of para-hydroxylation sites is 1. The van der Waals surface area contributed by atoms with Crippen molar-refractivity contribution < 1.29 is 14.3 Å². The largest absolute Gasteiger partial charge is 0.492 e. The fraction of sp³-hybridized carbons (Fsp3) is 0.250. The van der Waals surface area contributed by atoms with Crippen molar-refractivity contribution in [2.45, 2.75) is 12.8 Å². The van der Waals surface area contributed by atoms with E-state index in [4.69, 9.17) is 9.47 Å². The summed E-state index contributed by atoms with van der Waals surface area (Å²) in [5, 5.41) is 0. The van der Waals surface area contributed by atoms with Gasteiger partial charge in [0, 0.05) is 17.3 Å². The number of hydrogen-bond donors (Lipinski definition) is 0. The van der Waals surface area contributed by atoms with Crippen LogP contribution < -0.4 is 9.47 Å². The number of carbonyl (C=O) groups is 1. The van der Waals surface area contributed by atoms with Gasteiger partial charge in [-0.15, -0.1) is 0 Å². The van der Waals surface area contributed by atoms with Crippen LogP contribution in [0.3, 0.4) is 0 Å². The Balaban J connectivity index is 1.89. The monoisotopic (exact) mass is 269 g/mol. The third-order valence-corrected chi connectivity index (χ3v) is 3.33. The highest BCUT2D eigenvalue weighted by Crippen LogP contribution is 2.35. The van der Waals surface area contributed by atoms with E-state index in [1.807, 2.05) is 31.2 Å². The highest BCUT2D eigenvalue weighted by atomic mass is 16.5. The number of rotatable bonds is 4. The lowest BCUT2D eigenvalue weighted by Crippen LogP contribution is -2.14.